The van der Waals surface area contributed by atoms with E-state index in [1.807, 2.05) is 27.7 Å². The van der Waals surface area contributed by atoms with Gasteiger partial charge in [-0.2, -0.15) is 4.31 Å². The summed E-state index contributed by atoms with van der Waals surface area (Å²) >= 11 is 0. The molecule has 3 amide bonds. The minimum absolute atomic E-state index is 0.0975. The van der Waals surface area contributed by atoms with Gasteiger partial charge in [0.05, 0.1) is 17.4 Å². The summed E-state index contributed by atoms with van der Waals surface area (Å²) in [4.78, 5) is 40.4. The molecule has 2 aromatic carbocycles. The van der Waals surface area contributed by atoms with E-state index in [0.29, 0.717) is 13.1 Å². The first kappa shape index (κ1) is 31.7. The summed E-state index contributed by atoms with van der Waals surface area (Å²) in [5, 5.41) is 5.80. The molecule has 2 aliphatic heterocycles. The fourth-order valence-corrected chi connectivity index (χ4v) is 7.63. The summed E-state index contributed by atoms with van der Waals surface area (Å²) in [5.74, 6) is -0.836. The molecule has 11 heteroatoms. The number of sulfonamides is 1. The summed E-state index contributed by atoms with van der Waals surface area (Å²) in [6.07, 6.45) is 4.77. The number of rotatable bonds is 6. The minimum Gasteiger partial charge on any atom is -0.444 e. The topological polar surface area (TPSA) is 125 Å². The molecule has 2 heterocycles. The molecule has 0 aromatic heterocycles. The van der Waals surface area contributed by atoms with Crippen molar-refractivity contribution in [3.05, 3.63) is 70.8 Å². The Morgan fingerprint density at radius 2 is 1.82 bits per heavy atom. The first-order chi connectivity index (χ1) is 20.8. The number of piperazine rings is 1. The van der Waals surface area contributed by atoms with Crippen LogP contribution in [0.25, 0.3) is 5.57 Å². The predicted octanol–water partition coefficient (Wildman–Crippen LogP) is 4.09. The molecule has 2 atom stereocenters. The lowest BCUT2D eigenvalue weighted by Crippen LogP contribution is -2.58. The van der Waals surface area contributed by atoms with Gasteiger partial charge in [0.25, 0.3) is 0 Å². The number of carbonyl (C=O) groups excluding carboxylic acids is 3. The molecule has 3 aliphatic rings. The monoisotopic (exact) mass is 622 g/mol. The van der Waals surface area contributed by atoms with Gasteiger partial charge in [0.1, 0.15) is 11.6 Å². The molecule has 0 bridgehead atoms. The molecule has 0 unspecified atom stereocenters. The highest BCUT2D eigenvalue weighted by Crippen LogP contribution is 2.34. The van der Waals surface area contributed by atoms with Crippen molar-refractivity contribution in [3.63, 3.8) is 0 Å². The van der Waals surface area contributed by atoms with Crippen molar-refractivity contribution < 1.29 is 27.5 Å². The number of nitrogens with zero attached hydrogens (tertiary/aromatic N) is 2. The van der Waals surface area contributed by atoms with E-state index in [0.717, 1.165) is 52.2 Å². The third kappa shape index (κ3) is 7.15. The lowest BCUT2D eigenvalue weighted by Gasteiger charge is -2.34. The van der Waals surface area contributed by atoms with E-state index in [4.69, 9.17) is 4.74 Å². The molecule has 5 rings (SSSR count). The van der Waals surface area contributed by atoms with Gasteiger partial charge < -0.3 is 20.3 Å². The maximum Gasteiger partial charge on any atom is 0.410 e. The molecule has 0 radical (unpaired) electrons. The van der Waals surface area contributed by atoms with Gasteiger partial charge in [-0.15, -0.1) is 0 Å². The van der Waals surface area contributed by atoms with Gasteiger partial charge in [-0.3, -0.25) is 9.59 Å². The number of hydrogen-bond donors (Lipinski definition) is 2. The van der Waals surface area contributed by atoms with Crippen LogP contribution in [-0.2, 0) is 30.8 Å². The van der Waals surface area contributed by atoms with Crippen LogP contribution in [0.4, 0.5) is 4.79 Å². The number of nitrogens with one attached hydrogen (secondary N) is 2. The van der Waals surface area contributed by atoms with Gasteiger partial charge in [0, 0.05) is 26.2 Å². The zero-order chi connectivity index (χ0) is 31.6. The molecule has 10 nitrogen and oxygen atoms in total. The normalized spacial score (nSPS) is 21.1. The third-order valence-corrected chi connectivity index (χ3v) is 10.2. The molecule has 2 aromatic rings. The lowest BCUT2D eigenvalue weighted by molar-refractivity contribution is -0.132. The van der Waals surface area contributed by atoms with E-state index < -0.39 is 27.6 Å². The Kier molecular flexibility index (Phi) is 9.17. The molecule has 1 fully saturated rings. The number of benzene rings is 2. The first-order valence-corrected chi connectivity index (χ1v) is 16.7. The number of fused-ring (bicyclic) bond motifs is 1. The van der Waals surface area contributed by atoms with E-state index in [1.54, 1.807) is 17.0 Å². The highest BCUT2D eigenvalue weighted by Gasteiger charge is 2.40. The van der Waals surface area contributed by atoms with Crippen LogP contribution in [-0.4, -0.2) is 73.4 Å². The number of amides is 3. The van der Waals surface area contributed by atoms with Gasteiger partial charge in [-0.05, 0) is 87.8 Å². The Hall–Kier alpha value is -3.70. The molecule has 0 saturated carbocycles. The Bertz CT molecular complexity index is 1560. The Morgan fingerprint density at radius 3 is 2.50 bits per heavy atom. The van der Waals surface area contributed by atoms with Crippen molar-refractivity contribution in [2.24, 2.45) is 0 Å². The fraction of sp³-hybridized carbons (Fsp3) is 0.485. The number of ether oxygens (including phenoxy) is 1. The standard InChI is InChI=1S/C33H42N4O6S/c1-22-8-11-26(12-9-22)44(41,42)37-19-16-34-31(39)29(37)21-30(38)35-28-7-5-6-25-20-24(10-13-27(25)28)23-14-17-36(18-15-23)32(40)43-33(2,3)4/h8-14,20,28-29H,5-7,15-19,21H2,1-4H3,(H,34,39)(H,35,38)/t28-,29+/m1/s1. The Morgan fingerprint density at radius 1 is 1.07 bits per heavy atom. The third-order valence-electron chi connectivity index (χ3n) is 8.31. The number of hydrogen-bond acceptors (Lipinski definition) is 6. The average Bonchev–Trinajstić information content (AvgIpc) is 2.97. The van der Waals surface area contributed by atoms with E-state index in [2.05, 4.69) is 34.9 Å². The van der Waals surface area contributed by atoms with Crippen LogP contribution >= 0.6 is 0 Å². The van der Waals surface area contributed by atoms with Crippen molar-refractivity contribution in [2.45, 2.75) is 82.4 Å². The van der Waals surface area contributed by atoms with Crippen LogP contribution in [0.5, 0.6) is 0 Å². The summed E-state index contributed by atoms with van der Waals surface area (Å²) in [5.41, 5.74) is 4.88. The predicted molar refractivity (Wildman–Crippen MR) is 167 cm³/mol. The van der Waals surface area contributed by atoms with Crippen LogP contribution in [0.1, 0.15) is 74.8 Å². The van der Waals surface area contributed by atoms with Gasteiger partial charge in [0.2, 0.25) is 21.8 Å². The SMILES string of the molecule is Cc1ccc(S(=O)(=O)N2CCNC(=O)[C@@H]2CC(=O)N[C@@H]2CCCc3cc(C4=CCN(C(=O)OC(C)(C)C)CC4)ccc32)cc1. The van der Waals surface area contributed by atoms with E-state index in [9.17, 15) is 22.8 Å². The van der Waals surface area contributed by atoms with Crippen LogP contribution in [0.2, 0.25) is 0 Å². The van der Waals surface area contributed by atoms with Crippen LogP contribution < -0.4 is 10.6 Å². The van der Waals surface area contributed by atoms with Gasteiger partial charge in [0.15, 0.2) is 0 Å². The minimum atomic E-state index is -3.96. The van der Waals surface area contributed by atoms with Crippen molar-refractivity contribution in [2.75, 3.05) is 26.2 Å². The molecular weight excluding hydrogens is 580 g/mol. The molecule has 2 N–H and O–H groups in total. The molecule has 44 heavy (non-hydrogen) atoms. The zero-order valence-electron chi connectivity index (χ0n) is 25.9. The van der Waals surface area contributed by atoms with Crippen LogP contribution in [0.15, 0.2) is 53.4 Å². The summed E-state index contributed by atoms with van der Waals surface area (Å²) in [6.45, 7) is 8.81. The van der Waals surface area contributed by atoms with Crippen molar-refractivity contribution >= 4 is 33.5 Å². The lowest BCUT2D eigenvalue weighted by atomic mass is 9.85. The Balaban J connectivity index is 1.26. The molecule has 1 aliphatic carbocycles. The maximum absolute atomic E-state index is 13.4. The highest BCUT2D eigenvalue weighted by atomic mass is 32.2. The zero-order valence-corrected chi connectivity index (χ0v) is 26.7. The highest BCUT2D eigenvalue weighted by molar-refractivity contribution is 7.89. The summed E-state index contributed by atoms with van der Waals surface area (Å²) < 4.78 is 33.5. The second kappa shape index (κ2) is 12.7. The first-order valence-electron chi connectivity index (χ1n) is 15.3. The van der Waals surface area contributed by atoms with E-state index in [1.165, 1.54) is 17.7 Å². The number of carbonyl (C=O) groups is 3. The van der Waals surface area contributed by atoms with Gasteiger partial charge in [-0.25, -0.2) is 13.2 Å². The molecular formula is C33H42N4O6S. The molecule has 0 spiro atoms. The van der Waals surface area contributed by atoms with Crippen LogP contribution in [0.3, 0.4) is 0 Å². The maximum atomic E-state index is 13.4. The summed E-state index contributed by atoms with van der Waals surface area (Å²) in [6, 6.07) is 11.4. The second-order valence-electron chi connectivity index (χ2n) is 12.8. The Labute approximate surface area is 259 Å². The van der Waals surface area contributed by atoms with Crippen molar-refractivity contribution in [1.82, 2.24) is 19.8 Å². The average molecular weight is 623 g/mol. The van der Waals surface area contributed by atoms with Crippen molar-refractivity contribution in [1.29, 1.82) is 0 Å². The van der Waals surface area contributed by atoms with Crippen molar-refractivity contribution in [3.8, 4) is 0 Å². The molecule has 1 saturated heterocycles. The van der Waals surface area contributed by atoms with Gasteiger partial charge in [-0.1, -0.05) is 42.0 Å². The quantitative estimate of drug-likeness (QED) is 0.500. The number of aryl methyl sites for hydroxylation is 2. The molecule has 236 valence electrons. The van der Waals surface area contributed by atoms with Crippen LogP contribution in [0, 0.1) is 6.92 Å². The summed E-state index contributed by atoms with van der Waals surface area (Å²) in [7, 11) is -3.96. The van der Waals surface area contributed by atoms with E-state index in [-0.39, 0.29) is 42.4 Å². The van der Waals surface area contributed by atoms with Gasteiger partial charge >= 0.3 is 6.09 Å². The fourth-order valence-electron chi connectivity index (χ4n) is 6.04. The smallest absolute Gasteiger partial charge is 0.410 e. The van der Waals surface area contributed by atoms with E-state index >= 15 is 0 Å². The second-order valence-corrected chi connectivity index (χ2v) is 14.7. The largest absolute Gasteiger partial charge is 0.444 e.